The zero-order valence-electron chi connectivity index (χ0n) is 24.7. The minimum atomic E-state index is -0.289. The summed E-state index contributed by atoms with van der Waals surface area (Å²) in [6.45, 7) is 6.83. The smallest absolute Gasteiger partial charge is 0.293 e. The van der Waals surface area contributed by atoms with Crippen LogP contribution in [0, 0.1) is 6.92 Å². The predicted octanol–water partition coefficient (Wildman–Crippen LogP) is 4.81. The van der Waals surface area contributed by atoms with E-state index in [0.29, 0.717) is 55.4 Å². The van der Waals surface area contributed by atoms with Crippen molar-refractivity contribution >= 4 is 29.0 Å². The van der Waals surface area contributed by atoms with Crippen LogP contribution in [0.4, 0.5) is 17.2 Å². The van der Waals surface area contributed by atoms with E-state index in [1.165, 1.54) is 4.57 Å². The molecule has 2 aromatic heterocycles. The average Bonchev–Trinajstić information content (AvgIpc) is 3.04. The summed E-state index contributed by atoms with van der Waals surface area (Å²) in [5.41, 5.74) is 4.50. The molecule has 0 aliphatic carbocycles. The minimum absolute atomic E-state index is 0.0452. The fourth-order valence-corrected chi connectivity index (χ4v) is 5.09. The highest BCUT2D eigenvalue weighted by molar-refractivity contribution is 6.06. The van der Waals surface area contributed by atoms with Gasteiger partial charge in [0.15, 0.2) is 5.82 Å². The van der Waals surface area contributed by atoms with Gasteiger partial charge in [0.2, 0.25) is 0 Å². The fourth-order valence-electron chi connectivity index (χ4n) is 5.09. The maximum Gasteiger partial charge on any atom is 0.293 e. The molecule has 0 saturated carbocycles. The van der Waals surface area contributed by atoms with Crippen molar-refractivity contribution in [1.82, 2.24) is 19.4 Å². The maximum absolute atomic E-state index is 13.5. The van der Waals surface area contributed by atoms with E-state index in [9.17, 15) is 14.4 Å². The SMILES string of the molecule is CCCCN(C(=O)c1cccnc1)c1cccc(-c2cn(C)c(=O)c(Nc3ccc(C(=O)N4CCOCC4)cc3)n2)c1C. The number of hydrogen-bond donors (Lipinski definition) is 1. The van der Waals surface area contributed by atoms with Crippen molar-refractivity contribution < 1.29 is 14.3 Å². The summed E-state index contributed by atoms with van der Waals surface area (Å²) in [5, 5.41) is 3.13. The lowest BCUT2D eigenvalue weighted by Crippen LogP contribution is -2.40. The number of nitrogens with one attached hydrogen (secondary N) is 1. The number of anilines is 3. The molecular weight excluding hydrogens is 544 g/mol. The van der Waals surface area contributed by atoms with Crippen LogP contribution in [0.3, 0.4) is 0 Å². The molecule has 0 atom stereocenters. The number of morpholine rings is 1. The molecular formula is C33H36N6O4. The first-order valence-electron chi connectivity index (χ1n) is 14.5. The van der Waals surface area contributed by atoms with Gasteiger partial charge in [-0.25, -0.2) is 4.98 Å². The van der Waals surface area contributed by atoms with Crippen LogP contribution >= 0.6 is 0 Å². The first-order valence-corrected chi connectivity index (χ1v) is 14.5. The Hall–Kier alpha value is -4.83. The lowest BCUT2D eigenvalue weighted by Gasteiger charge is -2.26. The van der Waals surface area contributed by atoms with E-state index in [4.69, 9.17) is 9.72 Å². The topological polar surface area (TPSA) is 110 Å². The van der Waals surface area contributed by atoms with Crippen molar-refractivity contribution in [3.63, 3.8) is 0 Å². The molecule has 1 aliphatic rings. The van der Waals surface area contributed by atoms with Gasteiger partial charge in [0, 0.05) is 67.8 Å². The molecule has 0 bridgehead atoms. The van der Waals surface area contributed by atoms with Crippen molar-refractivity contribution in [2.45, 2.75) is 26.7 Å². The molecule has 10 heteroatoms. The van der Waals surface area contributed by atoms with Crippen molar-refractivity contribution in [1.29, 1.82) is 0 Å². The molecule has 1 fully saturated rings. The van der Waals surface area contributed by atoms with Gasteiger partial charge < -0.3 is 24.4 Å². The summed E-state index contributed by atoms with van der Waals surface area (Å²) in [6.07, 6.45) is 6.71. The summed E-state index contributed by atoms with van der Waals surface area (Å²) in [6, 6.07) is 16.3. The molecule has 222 valence electrons. The highest BCUT2D eigenvalue weighted by atomic mass is 16.5. The van der Waals surface area contributed by atoms with E-state index in [1.54, 1.807) is 71.8 Å². The first kappa shape index (κ1) is 29.7. The highest BCUT2D eigenvalue weighted by Crippen LogP contribution is 2.31. The number of aromatic nitrogens is 3. The Labute approximate surface area is 251 Å². The zero-order valence-corrected chi connectivity index (χ0v) is 24.7. The largest absolute Gasteiger partial charge is 0.378 e. The molecule has 0 unspecified atom stereocenters. The molecule has 2 aromatic carbocycles. The summed E-state index contributed by atoms with van der Waals surface area (Å²) < 4.78 is 6.83. The van der Waals surface area contributed by atoms with E-state index >= 15 is 0 Å². The standard InChI is InChI=1S/C33H36N6O4/c1-4-5-16-39(32(41)25-8-7-15-34-21-25)29-10-6-9-27(23(29)2)28-22-37(3)33(42)30(36-28)35-26-13-11-24(12-14-26)31(40)38-17-19-43-20-18-38/h6-15,21-22H,4-5,16-20H2,1-3H3,(H,35,36). The molecule has 1 N–H and O–H groups in total. The quantitative estimate of drug-likeness (QED) is 0.303. The van der Waals surface area contributed by atoms with Gasteiger partial charge in [-0.3, -0.25) is 19.4 Å². The highest BCUT2D eigenvalue weighted by Gasteiger charge is 2.22. The summed E-state index contributed by atoms with van der Waals surface area (Å²) >= 11 is 0. The molecule has 4 aromatic rings. The molecule has 5 rings (SSSR count). The second-order valence-corrected chi connectivity index (χ2v) is 10.5. The number of rotatable bonds is 9. The second kappa shape index (κ2) is 13.4. The van der Waals surface area contributed by atoms with Gasteiger partial charge in [-0.15, -0.1) is 0 Å². The van der Waals surface area contributed by atoms with E-state index < -0.39 is 0 Å². The van der Waals surface area contributed by atoms with E-state index in [-0.39, 0.29) is 23.2 Å². The fraction of sp³-hybridized carbons (Fsp3) is 0.303. The van der Waals surface area contributed by atoms with Gasteiger partial charge in [-0.2, -0.15) is 0 Å². The second-order valence-electron chi connectivity index (χ2n) is 10.5. The first-order chi connectivity index (χ1) is 20.9. The van der Waals surface area contributed by atoms with Gasteiger partial charge in [-0.05, 0) is 61.4 Å². The third-order valence-electron chi connectivity index (χ3n) is 7.52. The van der Waals surface area contributed by atoms with Crippen LogP contribution in [0.1, 0.15) is 46.0 Å². The number of carbonyl (C=O) groups excluding carboxylic acids is 2. The number of pyridine rings is 1. The van der Waals surface area contributed by atoms with Crippen LogP contribution < -0.4 is 15.8 Å². The van der Waals surface area contributed by atoms with Crippen molar-refractivity contribution in [2.75, 3.05) is 43.1 Å². The Morgan fingerprint density at radius 3 is 2.49 bits per heavy atom. The monoisotopic (exact) mass is 580 g/mol. The molecule has 10 nitrogen and oxygen atoms in total. The van der Waals surface area contributed by atoms with Crippen LogP contribution in [-0.2, 0) is 11.8 Å². The summed E-state index contributed by atoms with van der Waals surface area (Å²) in [4.78, 5) is 51.8. The number of unbranched alkanes of at least 4 members (excludes halogenated alkanes) is 1. The van der Waals surface area contributed by atoms with Gasteiger partial charge in [0.05, 0.1) is 24.5 Å². The number of benzene rings is 2. The van der Waals surface area contributed by atoms with Crippen molar-refractivity contribution in [3.05, 3.63) is 100 Å². The Bertz CT molecular complexity index is 1650. The number of ether oxygens (including phenoxy) is 1. The molecule has 0 radical (unpaired) electrons. The van der Waals surface area contributed by atoms with Crippen LogP contribution in [0.15, 0.2) is 78.0 Å². The average molecular weight is 581 g/mol. The molecule has 1 saturated heterocycles. The Morgan fingerprint density at radius 1 is 1.02 bits per heavy atom. The van der Waals surface area contributed by atoms with E-state index in [0.717, 1.165) is 29.7 Å². The molecule has 2 amide bonds. The number of aryl methyl sites for hydroxylation is 1. The number of carbonyl (C=O) groups is 2. The number of hydrogen-bond acceptors (Lipinski definition) is 7. The van der Waals surface area contributed by atoms with Gasteiger partial charge >= 0.3 is 0 Å². The third kappa shape index (κ3) is 6.65. The van der Waals surface area contributed by atoms with E-state index in [1.807, 2.05) is 25.1 Å². The van der Waals surface area contributed by atoms with Crippen molar-refractivity contribution in [2.24, 2.45) is 7.05 Å². The third-order valence-corrected chi connectivity index (χ3v) is 7.52. The van der Waals surface area contributed by atoms with Crippen LogP contribution in [0.5, 0.6) is 0 Å². The lowest BCUT2D eigenvalue weighted by atomic mass is 10.0. The predicted molar refractivity (Wildman–Crippen MR) is 167 cm³/mol. The lowest BCUT2D eigenvalue weighted by molar-refractivity contribution is 0.0303. The van der Waals surface area contributed by atoms with Gasteiger partial charge in [-0.1, -0.05) is 25.5 Å². The number of amides is 2. The summed E-state index contributed by atoms with van der Waals surface area (Å²) in [5.74, 6) is -0.00399. The van der Waals surface area contributed by atoms with E-state index in [2.05, 4.69) is 17.2 Å². The minimum Gasteiger partial charge on any atom is -0.378 e. The van der Waals surface area contributed by atoms with Crippen LogP contribution in [0.2, 0.25) is 0 Å². The molecule has 1 aliphatic heterocycles. The Balaban J connectivity index is 1.43. The normalized spacial score (nSPS) is 13.0. The van der Waals surface area contributed by atoms with Gasteiger partial charge in [0.25, 0.3) is 17.4 Å². The zero-order chi connectivity index (χ0) is 30.3. The molecule has 43 heavy (non-hydrogen) atoms. The Kier molecular flexibility index (Phi) is 9.26. The van der Waals surface area contributed by atoms with Gasteiger partial charge in [0.1, 0.15) is 0 Å². The number of nitrogens with zero attached hydrogens (tertiary/aromatic N) is 5. The van der Waals surface area contributed by atoms with Crippen LogP contribution in [-0.4, -0.2) is 64.1 Å². The summed E-state index contributed by atoms with van der Waals surface area (Å²) in [7, 11) is 1.68. The maximum atomic E-state index is 13.5. The Morgan fingerprint density at radius 2 is 1.79 bits per heavy atom. The molecule has 0 spiro atoms. The van der Waals surface area contributed by atoms with Crippen LogP contribution in [0.25, 0.3) is 11.3 Å². The van der Waals surface area contributed by atoms with Crippen molar-refractivity contribution in [3.8, 4) is 11.3 Å². The molecule has 3 heterocycles.